The molecular weight excluding hydrogens is 150 g/mol. The quantitative estimate of drug-likeness (QED) is 0.596. The molecule has 1 aliphatic heterocycles. The largest absolute Gasteiger partial charge is 0.307 e. The van der Waals surface area contributed by atoms with Crippen molar-refractivity contribution >= 4 is 12.4 Å². The SMILES string of the molecule is Cl.Cn1cc2c(n1)CNC2. The van der Waals surface area contributed by atoms with Crippen LogP contribution in [0.25, 0.3) is 0 Å². The third-order valence-electron chi connectivity index (χ3n) is 1.60. The van der Waals surface area contributed by atoms with Crippen LogP contribution in [0.3, 0.4) is 0 Å². The van der Waals surface area contributed by atoms with Crippen LogP contribution in [0.5, 0.6) is 0 Å². The van der Waals surface area contributed by atoms with Crippen molar-refractivity contribution < 1.29 is 0 Å². The summed E-state index contributed by atoms with van der Waals surface area (Å²) in [6, 6.07) is 0. The van der Waals surface area contributed by atoms with Gasteiger partial charge in [-0.25, -0.2) is 0 Å². The van der Waals surface area contributed by atoms with Crippen LogP contribution in [0.1, 0.15) is 11.3 Å². The summed E-state index contributed by atoms with van der Waals surface area (Å²) >= 11 is 0. The van der Waals surface area contributed by atoms with E-state index in [4.69, 9.17) is 0 Å². The van der Waals surface area contributed by atoms with Crippen molar-refractivity contribution in [1.82, 2.24) is 15.1 Å². The van der Waals surface area contributed by atoms with Gasteiger partial charge in [-0.3, -0.25) is 4.68 Å². The topological polar surface area (TPSA) is 29.9 Å². The van der Waals surface area contributed by atoms with Gasteiger partial charge in [0.15, 0.2) is 0 Å². The minimum atomic E-state index is 0. The predicted molar refractivity (Wildman–Crippen MR) is 41.0 cm³/mol. The van der Waals surface area contributed by atoms with E-state index < -0.39 is 0 Å². The van der Waals surface area contributed by atoms with Gasteiger partial charge < -0.3 is 5.32 Å². The molecule has 0 spiro atoms. The second-order valence-corrected chi connectivity index (χ2v) is 2.38. The Hall–Kier alpha value is -0.540. The van der Waals surface area contributed by atoms with Gasteiger partial charge in [0, 0.05) is 31.9 Å². The molecule has 0 unspecified atom stereocenters. The van der Waals surface area contributed by atoms with Crippen molar-refractivity contribution in [3.05, 3.63) is 17.5 Å². The molecule has 56 valence electrons. The van der Waals surface area contributed by atoms with Gasteiger partial charge in [0.2, 0.25) is 0 Å². The second kappa shape index (κ2) is 2.60. The van der Waals surface area contributed by atoms with E-state index in [9.17, 15) is 0 Å². The van der Waals surface area contributed by atoms with Gasteiger partial charge in [-0.05, 0) is 0 Å². The molecule has 10 heavy (non-hydrogen) atoms. The molecule has 0 saturated heterocycles. The van der Waals surface area contributed by atoms with Crippen LogP contribution in [-0.2, 0) is 20.1 Å². The van der Waals surface area contributed by atoms with E-state index in [-0.39, 0.29) is 12.4 Å². The summed E-state index contributed by atoms with van der Waals surface area (Å²) in [5.74, 6) is 0. The van der Waals surface area contributed by atoms with Gasteiger partial charge in [0.1, 0.15) is 0 Å². The average Bonchev–Trinajstić information content (AvgIpc) is 2.22. The third-order valence-corrected chi connectivity index (χ3v) is 1.60. The van der Waals surface area contributed by atoms with Crippen LogP contribution in [-0.4, -0.2) is 9.78 Å². The molecule has 1 N–H and O–H groups in total. The monoisotopic (exact) mass is 159 g/mol. The first kappa shape index (κ1) is 7.57. The zero-order valence-corrected chi connectivity index (χ0v) is 6.61. The first-order valence-electron chi connectivity index (χ1n) is 3.08. The number of hydrogen-bond donors (Lipinski definition) is 1. The zero-order valence-electron chi connectivity index (χ0n) is 5.79. The minimum Gasteiger partial charge on any atom is -0.307 e. The number of aromatic nitrogens is 2. The highest BCUT2D eigenvalue weighted by atomic mass is 35.5. The van der Waals surface area contributed by atoms with Gasteiger partial charge >= 0.3 is 0 Å². The molecule has 0 amide bonds. The summed E-state index contributed by atoms with van der Waals surface area (Å²) in [6.07, 6.45) is 2.06. The van der Waals surface area contributed by atoms with Crippen molar-refractivity contribution in [1.29, 1.82) is 0 Å². The maximum Gasteiger partial charge on any atom is 0.0807 e. The number of rotatable bonds is 0. The molecule has 0 aliphatic carbocycles. The molecule has 2 heterocycles. The van der Waals surface area contributed by atoms with Gasteiger partial charge in [-0.15, -0.1) is 12.4 Å². The smallest absolute Gasteiger partial charge is 0.0807 e. The van der Waals surface area contributed by atoms with Crippen LogP contribution >= 0.6 is 12.4 Å². The lowest BCUT2D eigenvalue weighted by molar-refractivity contribution is 0.688. The Labute approximate surface area is 65.8 Å². The van der Waals surface area contributed by atoms with E-state index in [2.05, 4.69) is 16.6 Å². The lowest BCUT2D eigenvalue weighted by Crippen LogP contribution is -2.03. The maximum atomic E-state index is 4.25. The summed E-state index contributed by atoms with van der Waals surface area (Å²) in [7, 11) is 1.96. The van der Waals surface area contributed by atoms with E-state index in [1.54, 1.807) is 0 Å². The third kappa shape index (κ3) is 1.02. The van der Waals surface area contributed by atoms with Gasteiger partial charge in [0.25, 0.3) is 0 Å². The number of hydrogen-bond acceptors (Lipinski definition) is 2. The van der Waals surface area contributed by atoms with Crippen molar-refractivity contribution in [3.8, 4) is 0 Å². The molecular formula is C6H10ClN3. The average molecular weight is 160 g/mol. The lowest BCUT2D eigenvalue weighted by atomic mass is 10.3. The van der Waals surface area contributed by atoms with Crippen LogP contribution in [0.15, 0.2) is 6.20 Å². The lowest BCUT2D eigenvalue weighted by Gasteiger charge is -1.88. The molecule has 3 nitrogen and oxygen atoms in total. The molecule has 0 atom stereocenters. The van der Waals surface area contributed by atoms with Crippen molar-refractivity contribution in [2.75, 3.05) is 0 Å². The number of nitrogens with zero attached hydrogens (tertiary/aromatic N) is 2. The van der Waals surface area contributed by atoms with Gasteiger partial charge in [0.05, 0.1) is 5.69 Å². The number of nitrogens with one attached hydrogen (secondary N) is 1. The Bertz CT molecular complexity index is 209. The highest BCUT2D eigenvalue weighted by Crippen LogP contribution is 2.10. The minimum absolute atomic E-state index is 0. The zero-order chi connectivity index (χ0) is 6.27. The van der Waals surface area contributed by atoms with Crippen LogP contribution in [0, 0.1) is 0 Å². The molecule has 1 aromatic rings. The van der Waals surface area contributed by atoms with Crippen LogP contribution in [0.2, 0.25) is 0 Å². The van der Waals surface area contributed by atoms with Crippen molar-refractivity contribution in [2.24, 2.45) is 7.05 Å². The standard InChI is InChI=1S/C6H9N3.ClH/c1-9-4-5-2-7-3-6(5)8-9;/h4,7H,2-3H2,1H3;1H. The molecule has 4 heteroatoms. The Morgan fingerprint density at radius 1 is 1.60 bits per heavy atom. The summed E-state index contributed by atoms with van der Waals surface area (Å²) in [5, 5.41) is 7.46. The second-order valence-electron chi connectivity index (χ2n) is 2.38. The summed E-state index contributed by atoms with van der Waals surface area (Å²) in [6.45, 7) is 1.93. The highest BCUT2D eigenvalue weighted by molar-refractivity contribution is 5.85. The summed E-state index contributed by atoms with van der Waals surface area (Å²) in [5.41, 5.74) is 2.55. The molecule has 1 aliphatic rings. The number of aryl methyl sites for hydroxylation is 1. The van der Waals surface area contributed by atoms with Crippen LogP contribution in [0.4, 0.5) is 0 Å². The highest BCUT2D eigenvalue weighted by Gasteiger charge is 2.12. The van der Waals surface area contributed by atoms with Crippen molar-refractivity contribution in [2.45, 2.75) is 13.1 Å². The van der Waals surface area contributed by atoms with E-state index in [1.807, 2.05) is 11.7 Å². The fourth-order valence-electron chi connectivity index (χ4n) is 1.20. The van der Waals surface area contributed by atoms with Crippen LogP contribution < -0.4 is 5.32 Å². The van der Waals surface area contributed by atoms with Gasteiger partial charge in [-0.1, -0.05) is 0 Å². The molecule has 0 aromatic carbocycles. The fraction of sp³-hybridized carbons (Fsp3) is 0.500. The molecule has 1 aromatic heterocycles. The Balaban J connectivity index is 0.000000500. The summed E-state index contributed by atoms with van der Waals surface area (Å²) < 4.78 is 1.87. The molecule has 0 bridgehead atoms. The Morgan fingerprint density at radius 3 is 3.10 bits per heavy atom. The van der Waals surface area contributed by atoms with E-state index >= 15 is 0 Å². The number of fused-ring (bicyclic) bond motifs is 1. The molecule has 2 rings (SSSR count). The molecule has 0 fully saturated rings. The van der Waals surface area contributed by atoms with E-state index in [0.29, 0.717) is 0 Å². The maximum absolute atomic E-state index is 4.25. The predicted octanol–water partition coefficient (Wildman–Crippen LogP) is 0.445. The number of halogens is 1. The van der Waals surface area contributed by atoms with Gasteiger partial charge in [-0.2, -0.15) is 5.10 Å². The normalized spacial score (nSPS) is 14.5. The first-order valence-corrected chi connectivity index (χ1v) is 3.08. The van der Waals surface area contributed by atoms with Crippen molar-refractivity contribution in [3.63, 3.8) is 0 Å². The van der Waals surface area contributed by atoms with E-state index in [1.165, 1.54) is 11.3 Å². The summed E-state index contributed by atoms with van der Waals surface area (Å²) in [4.78, 5) is 0. The van der Waals surface area contributed by atoms with E-state index in [0.717, 1.165) is 13.1 Å². The Morgan fingerprint density at radius 2 is 2.40 bits per heavy atom. The molecule has 0 radical (unpaired) electrons. The first-order chi connectivity index (χ1) is 4.36. The fourth-order valence-corrected chi connectivity index (χ4v) is 1.20. The Kier molecular flexibility index (Phi) is 1.97. The molecule has 0 saturated carbocycles.